The molecule has 78 valence electrons. The highest BCUT2D eigenvalue weighted by molar-refractivity contribution is 5.10. The maximum absolute atomic E-state index is 5.22. The smallest absolute Gasteiger partial charge is 0.319 e. The fraction of sp³-hybridized carbons (Fsp3) is 0.556. The molecular weight excluding hydrogens is 184 g/mol. The van der Waals surface area contributed by atoms with Crippen LogP contribution in [0.1, 0.15) is 6.92 Å². The van der Waals surface area contributed by atoms with Crippen LogP contribution in [0.25, 0.3) is 0 Å². The topological polar surface area (TPSA) is 53.5 Å². The van der Waals surface area contributed by atoms with Gasteiger partial charge in [0.25, 0.3) is 0 Å². The Labute approximate surface area is 83.0 Å². The molecule has 1 aromatic rings. The Bertz CT molecular complexity index is 268. The molecule has 14 heavy (non-hydrogen) atoms. The van der Waals surface area contributed by atoms with Crippen molar-refractivity contribution in [2.45, 2.75) is 6.92 Å². The summed E-state index contributed by atoms with van der Waals surface area (Å²) in [5, 5.41) is 0. The summed E-state index contributed by atoms with van der Waals surface area (Å²) in [5.74, 6) is 0.492. The van der Waals surface area contributed by atoms with Crippen molar-refractivity contribution >= 4 is 0 Å². The average Bonchev–Trinajstić information content (AvgIpc) is 2.25. The molecule has 0 saturated heterocycles. The molecule has 1 rings (SSSR count). The van der Waals surface area contributed by atoms with Crippen LogP contribution in [0.15, 0.2) is 12.3 Å². The summed E-state index contributed by atoms with van der Waals surface area (Å²) < 4.78 is 15.2. The predicted molar refractivity (Wildman–Crippen MR) is 50.6 cm³/mol. The quantitative estimate of drug-likeness (QED) is 0.636. The zero-order valence-electron chi connectivity index (χ0n) is 8.40. The second kappa shape index (κ2) is 6.15. The maximum atomic E-state index is 5.22. The van der Waals surface area contributed by atoms with E-state index in [2.05, 4.69) is 9.97 Å². The molecule has 0 N–H and O–H groups in total. The van der Waals surface area contributed by atoms with Crippen molar-refractivity contribution in [1.29, 1.82) is 0 Å². The molecule has 0 spiro atoms. The number of methoxy groups -OCH3 is 1. The van der Waals surface area contributed by atoms with Crippen molar-refractivity contribution < 1.29 is 14.2 Å². The SMILES string of the molecule is CCOCCOc1nccc(OC)n1. The van der Waals surface area contributed by atoms with Crippen molar-refractivity contribution in [1.82, 2.24) is 9.97 Å². The monoisotopic (exact) mass is 198 g/mol. The van der Waals surface area contributed by atoms with Crippen molar-refractivity contribution in [2.75, 3.05) is 26.9 Å². The molecule has 1 heterocycles. The summed E-state index contributed by atoms with van der Waals surface area (Å²) in [6.07, 6.45) is 1.59. The van der Waals surface area contributed by atoms with E-state index < -0.39 is 0 Å². The van der Waals surface area contributed by atoms with E-state index in [1.165, 1.54) is 0 Å². The minimum absolute atomic E-state index is 0.309. The minimum atomic E-state index is 0.309. The van der Waals surface area contributed by atoms with Crippen molar-refractivity contribution in [3.8, 4) is 11.9 Å². The van der Waals surface area contributed by atoms with Gasteiger partial charge in [0.05, 0.1) is 13.7 Å². The molecule has 0 atom stereocenters. The fourth-order valence-corrected chi connectivity index (χ4v) is 0.845. The molecule has 0 aromatic carbocycles. The number of hydrogen-bond donors (Lipinski definition) is 0. The van der Waals surface area contributed by atoms with Crippen LogP contribution in [0.4, 0.5) is 0 Å². The highest BCUT2D eigenvalue weighted by Crippen LogP contribution is 2.08. The van der Waals surface area contributed by atoms with Gasteiger partial charge in [-0.2, -0.15) is 4.98 Å². The molecule has 5 heteroatoms. The van der Waals surface area contributed by atoms with Gasteiger partial charge >= 0.3 is 6.01 Å². The Hall–Kier alpha value is -1.36. The van der Waals surface area contributed by atoms with Crippen LogP contribution in [-0.4, -0.2) is 36.9 Å². The van der Waals surface area contributed by atoms with E-state index in [9.17, 15) is 0 Å². The van der Waals surface area contributed by atoms with E-state index in [0.717, 1.165) is 0 Å². The highest BCUT2D eigenvalue weighted by Gasteiger charge is 1.99. The second-order valence-corrected chi connectivity index (χ2v) is 2.43. The van der Waals surface area contributed by atoms with E-state index in [4.69, 9.17) is 14.2 Å². The summed E-state index contributed by atoms with van der Waals surface area (Å²) in [6, 6.07) is 1.97. The van der Waals surface area contributed by atoms with E-state index in [1.54, 1.807) is 19.4 Å². The third kappa shape index (κ3) is 3.57. The van der Waals surface area contributed by atoms with Gasteiger partial charge in [0.15, 0.2) is 0 Å². The van der Waals surface area contributed by atoms with Gasteiger partial charge in [0.2, 0.25) is 5.88 Å². The zero-order valence-corrected chi connectivity index (χ0v) is 8.40. The molecule has 0 aliphatic rings. The number of aromatic nitrogens is 2. The second-order valence-electron chi connectivity index (χ2n) is 2.43. The Morgan fingerprint density at radius 3 is 2.93 bits per heavy atom. The van der Waals surface area contributed by atoms with Crippen LogP contribution in [0.5, 0.6) is 11.9 Å². The van der Waals surface area contributed by atoms with Crippen molar-refractivity contribution in [3.05, 3.63) is 12.3 Å². The molecule has 1 aromatic heterocycles. The number of rotatable bonds is 6. The van der Waals surface area contributed by atoms with E-state index in [0.29, 0.717) is 31.7 Å². The largest absolute Gasteiger partial charge is 0.481 e. The first kappa shape index (κ1) is 10.7. The zero-order chi connectivity index (χ0) is 10.2. The molecule has 0 aliphatic heterocycles. The van der Waals surface area contributed by atoms with Crippen molar-refractivity contribution in [2.24, 2.45) is 0 Å². The summed E-state index contributed by atoms with van der Waals surface area (Å²) in [4.78, 5) is 7.89. The molecule has 0 aliphatic carbocycles. The first-order valence-electron chi connectivity index (χ1n) is 4.44. The molecule has 0 bridgehead atoms. The molecule has 5 nitrogen and oxygen atoms in total. The van der Waals surface area contributed by atoms with E-state index >= 15 is 0 Å². The third-order valence-corrected chi connectivity index (χ3v) is 1.48. The normalized spacial score (nSPS) is 9.86. The summed E-state index contributed by atoms with van der Waals surface area (Å²) >= 11 is 0. The average molecular weight is 198 g/mol. The van der Waals surface area contributed by atoms with Crippen LogP contribution >= 0.6 is 0 Å². The summed E-state index contributed by atoms with van der Waals surface area (Å²) in [7, 11) is 1.55. The summed E-state index contributed by atoms with van der Waals surface area (Å²) in [5.41, 5.74) is 0. The lowest BCUT2D eigenvalue weighted by Crippen LogP contribution is -2.08. The van der Waals surface area contributed by atoms with Crippen LogP contribution in [0.3, 0.4) is 0 Å². The Morgan fingerprint density at radius 1 is 1.36 bits per heavy atom. The van der Waals surface area contributed by atoms with Gasteiger partial charge in [0, 0.05) is 18.9 Å². The van der Waals surface area contributed by atoms with Gasteiger partial charge in [0.1, 0.15) is 6.61 Å². The Kier molecular flexibility index (Phi) is 4.71. The molecule has 0 saturated carbocycles. The lowest BCUT2D eigenvalue weighted by atomic mass is 10.6. The van der Waals surface area contributed by atoms with Gasteiger partial charge in [-0.25, -0.2) is 4.98 Å². The third-order valence-electron chi connectivity index (χ3n) is 1.48. The fourth-order valence-electron chi connectivity index (χ4n) is 0.845. The standard InChI is InChI=1S/C9H14N2O3/c1-3-13-6-7-14-9-10-5-4-8(11-9)12-2/h4-5H,3,6-7H2,1-2H3. The van der Waals surface area contributed by atoms with E-state index in [-0.39, 0.29) is 0 Å². The minimum Gasteiger partial charge on any atom is -0.481 e. The first-order valence-corrected chi connectivity index (χ1v) is 4.44. The molecule has 0 amide bonds. The Morgan fingerprint density at radius 2 is 2.21 bits per heavy atom. The molecule has 0 radical (unpaired) electrons. The first-order chi connectivity index (χ1) is 6.86. The number of hydrogen-bond acceptors (Lipinski definition) is 5. The number of ether oxygens (including phenoxy) is 3. The predicted octanol–water partition coefficient (Wildman–Crippen LogP) is 0.901. The highest BCUT2D eigenvalue weighted by atomic mass is 16.5. The van der Waals surface area contributed by atoms with Gasteiger partial charge in [-0.15, -0.1) is 0 Å². The maximum Gasteiger partial charge on any atom is 0.319 e. The van der Waals surface area contributed by atoms with Crippen LogP contribution in [0.2, 0.25) is 0 Å². The van der Waals surface area contributed by atoms with Crippen LogP contribution < -0.4 is 9.47 Å². The van der Waals surface area contributed by atoms with E-state index in [1.807, 2.05) is 6.92 Å². The molecular formula is C9H14N2O3. The van der Waals surface area contributed by atoms with Gasteiger partial charge in [-0.3, -0.25) is 0 Å². The number of nitrogens with zero attached hydrogens (tertiary/aromatic N) is 2. The van der Waals surface area contributed by atoms with Crippen LogP contribution in [-0.2, 0) is 4.74 Å². The molecule has 0 unspecified atom stereocenters. The van der Waals surface area contributed by atoms with Crippen LogP contribution in [0, 0.1) is 0 Å². The van der Waals surface area contributed by atoms with Gasteiger partial charge in [-0.05, 0) is 6.92 Å². The molecule has 0 fully saturated rings. The summed E-state index contributed by atoms with van der Waals surface area (Å²) in [6.45, 7) is 3.60. The lowest BCUT2D eigenvalue weighted by molar-refractivity contribution is 0.106. The Balaban J connectivity index is 2.34. The van der Waals surface area contributed by atoms with Crippen molar-refractivity contribution in [3.63, 3.8) is 0 Å². The van der Waals surface area contributed by atoms with Gasteiger partial charge in [-0.1, -0.05) is 0 Å². The lowest BCUT2D eigenvalue weighted by Gasteiger charge is -2.04. The van der Waals surface area contributed by atoms with Gasteiger partial charge < -0.3 is 14.2 Å².